The van der Waals surface area contributed by atoms with Gasteiger partial charge in [-0.2, -0.15) is 5.26 Å². The second-order valence-electron chi connectivity index (χ2n) is 15.1. The van der Waals surface area contributed by atoms with Crippen LogP contribution in [-0.2, 0) is 17.7 Å². The number of aromatic nitrogens is 1. The molecule has 8 rings (SSSR count). The number of pyridine rings is 1. The Balaban J connectivity index is 1.15. The third kappa shape index (κ3) is 7.14. The Labute approximate surface area is 327 Å². The maximum absolute atomic E-state index is 15.3. The Hall–Kier alpha value is -3.38. The molecule has 1 atom stereocenters. The van der Waals surface area contributed by atoms with E-state index in [9.17, 15) is 5.26 Å². The van der Waals surface area contributed by atoms with E-state index in [1.807, 2.05) is 12.1 Å². The first kappa shape index (κ1) is 36.6. The van der Waals surface area contributed by atoms with Crippen LogP contribution < -0.4 is 21.6 Å². The minimum Gasteiger partial charge on any atom is -0.378 e. The molecular formula is C38H41Cl3FN9OS. The lowest BCUT2D eigenvalue weighted by molar-refractivity contribution is -0.0691. The van der Waals surface area contributed by atoms with Crippen LogP contribution in [0.25, 0.3) is 10.9 Å². The molecular weight excluding hydrogens is 756 g/mol. The number of thiophene rings is 1. The molecule has 10 nitrogen and oxygen atoms in total. The molecule has 6 heterocycles. The third-order valence-corrected chi connectivity index (χ3v) is 12.9. The minimum atomic E-state index is -0.723. The molecule has 4 aromatic rings. The Morgan fingerprint density at radius 2 is 1.89 bits per heavy atom. The first-order valence-corrected chi connectivity index (χ1v) is 19.9. The lowest BCUT2D eigenvalue weighted by Gasteiger charge is -2.42. The van der Waals surface area contributed by atoms with Gasteiger partial charge in [-0.3, -0.25) is 19.8 Å². The first-order chi connectivity index (χ1) is 25.5. The molecule has 15 heteroatoms. The Morgan fingerprint density at radius 3 is 2.60 bits per heavy atom. The van der Waals surface area contributed by atoms with Crippen LogP contribution in [-0.4, -0.2) is 70.3 Å². The number of hydrogen-bond donors (Lipinski definition) is 4. The van der Waals surface area contributed by atoms with E-state index in [-0.39, 0.29) is 32.9 Å². The van der Waals surface area contributed by atoms with Crippen molar-refractivity contribution in [1.82, 2.24) is 30.8 Å². The van der Waals surface area contributed by atoms with Crippen LogP contribution in [0, 0.1) is 17.1 Å². The van der Waals surface area contributed by atoms with Crippen LogP contribution in [0.3, 0.4) is 0 Å². The van der Waals surface area contributed by atoms with Crippen LogP contribution in [0.15, 0.2) is 47.7 Å². The number of halogens is 4. The zero-order chi connectivity index (χ0) is 37.0. The Morgan fingerprint density at radius 1 is 1.09 bits per heavy atom. The number of anilines is 3. The monoisotopic (exact) mass is 795 g/mol. The van der Waals surface area contributed by atoms with E-state index in [4.69, 9.17) is 39.5 Å². The van der Waals surface area contributed by atoms with Gasteiger partial charge in [0.1, 0.15) is 6.07 Å². The van der Waals surface area contributed by atoms with Gasteiger partial charge in [-0.25, -0.2) is 4.39 Å². The molecule has 0 spiro atoms. The summed E-state index contributed by atoms with van der Waals surface area (Å²) >= 11 is 20.9. The van der Waals surface area contributed by atoms with Crippen molar-refractivity contribution < 1.29 is 9.13 Å². The lowest BCUT2D eigenvalue weighted by atomic mass is 9.95. The topological polar surface area (TPSA) is 104 Å². The fourth-order valence-corrected chi connectivity index (χ4v) is 9.40. The van der Waals surface area contributed by atoms with Crippen molar-refractivity contribution in [3.05, 3.63) is 90.2 Å². The van der Waals surface area contributed by atoms with E-state index >= 15 is 4.39 Å². The highest BCUT2D eigenvalue weighted by atomic mass is 35.5. The van der Waals surface area contributed by atoms with Gasteiger partial charge in [-0.1, -0.05) is 34.8 Å². The average molecular weight is 797 g/mol. The summed E-state index contributed by atoms with van der Waals surface area (Å²) < 4.78 is 20.8. The van der Waals surface area contributed by atoms with Crippen LogP contribution in [0.1, 0.15) is 61.2 Å². The number of ether oxygens (including phenoxy) is 1. The van der Waals surface area contributed by atoms with Gasteiger partial charge in [0.15, 0.2) is 5.82 Å². The molecule has 4 aliphatic rings. The van der Waals surface area contributed by atoms with Crippen LogP contribution in [0.5, 0.6) is 0 Å². The molecule has 0 unspecified atom stereocenters. The van der Waals surface area contributed by atoms with Gasteiger partial charge in [0.2, 0.25) is 0 Å². The van der Waals surface area contributed by atoms with Crippen molar-refractivity contribution in [2.45, 2.75) is 70.2 Å². The summed E-state index contributed by atoms with van der Waals surface area (Å²) in [5, 5.41) is 22.3. The van der Waals surface area contributed by atoms with Gasteiger partial charge in [-0.15, -0.1) is 16.9 Å². The van der Waals surface area contributed by atoms with Gasteiger partial charge in [-0.05, 0) is 80.8 Å². The maximum atomic E-state index is 15.3. The minimum absolute atomic E-state index is 0.0722. The summed E-state index contributed by atoms with van der Waals surface area (Å²) in [6.45, 7) is 12.4. The number of fused-ring (bicyclic) bond motifs is 2. The largest absolute Gasteiger partial charge is 0.378 e. The van der Waals surface area contributed by atoms with Gasteiger partial charge >= 0.3 is 0 Å². The van der Waals surface area contributed by atoms with Crippen molar-refractivity contribution in [2.24, 2.45) is 0 Å². The number of hydrazine groups is 2. The van der Waals surface area contributed by atoms with Gasteiger partial charge < -0.3 is 20.8 Å². The van der Waals surface area contributed by atoms with E-state index < -0.39 is 5.82 Å². The standard InChI is InChI=1S/C38H41Cl3FN9OS/c1-38(2,3)50-10-6-23(7-11-50)51-16-31(47-48-51)37(27-20-53-32-17-49(9-8-25(27)32)24-18-52-19-24)45-22-12-26-35(21(14-43)15-44-36(26)29(40)13-22)46-30-5-4-28(39)33(41)34(30)42/h4-5,12-13,15-16,20,23-24,37,45,47-48H,6-11,17-19H2,1-3H3,(H,44,46)/t37-/m0/s1. The zero-order valence-electron chi connectivity index (χ0n) is 29.7. The van der Waals surface area contributed by atoms with Crippen LogP contribution in [0.2, 0.25) is 15.1 Å². The molecule has 2 aromatic carbocycles. The highest BCUT2D eigenvalue weighted by Gasteiger charge is 2.35. The summed E-state index contributed by atoms with van der Waals surface area (Å²) in [6.07, 6.45) is 6.66. The molecule has 53 heavy (non-hydrogen) atoms. The Bertz CT molecular complexity index is 2120. The lowest BCUT2D eigenvalue weighted by Crippen LogP contribution is -2.52. The Kier molecular flexibility index (Phi) is 10.1. The number of rotatable bonds is 8. The average Bonchev–Trinajstić information content (AvgIpc) is 3.78. The number of likely N-dealkylation sites (tertiary alicyclic amines) is 1. The van der Waals surface area contributed by atoms with E-state index in [0.717, 1.165) is 64.4 Å². The van der Waals surface area contributed by atoms with Gasteiger partial charge in [0.05, 0.1) is 68.5 Å². The normalized spacial score (nSPS) is 19.4. The highest BCUT2D eigenvalue weighted by molar-refractivity contribution is 7.10. The van der Waals surface area contributed by atoms with Crippen LogP contribution >= 0.6 is 46.1 Å². The van der Waals surface area contributed by atoms with Gasteiger partial charge in [0, 0.05) is 66.1 Å². The SMILES string of the molecule is CC(C)(C)N1CCC(N2C=C([C@@H](Nc3cc(Cl)c4ncc(C#N)c(Nc5ccc(Cl)c(Cl)c5F)c4c3)c3csc4c3CCN(C3COC3)C4)NN2)CC1. The molecule has 2 saturated heterocycles. The third-order valence-electron chi connectivity index (χ3n) is 10.8. The number of benzene rings is 2. The molecule has 278 valence electrons. The molecule has 0 aliphatic carbocycles. The van der Waals surface area contributed by atoms with E-state index in [2.05, 4.69) is 79.8 Å². The van der Waals surface area contributed by atoms with Crippen LogP contribution in [0.4, 0.5) is 21.5 Å². The highest BCUT2D eigenvalue weighted by Crippen LogP contribution is 2.41. The second-order valence-corrected chi connectivity index (χ2v) is 17.2. The molecule has 4 N–H and O–H groups in total. The number of nitriles is 1. The fraction of sp³-hybridized carbons (Fsp3) is 0.421. The quantitative estimate of drug-likeness (QED) is 0.130. The summed E-state index contributed by atoms with van der Waals surface area (Å²) in [6, 6.07) is 9.49. The summed E-state index contributed by atoms with van der Waals surface area (Å²) in [7, 11) is 0. The van der Waals surface area contributed by atoms with Crippen molar-refractivity contribution in [1.29, 1.82) is 5.26 Å². The van der Waals surface area contributed by atoms with Crippen molar-refractivity contribution in [3.8, 4) is 6.07 Å². The van der Waals surface area contributed by atoms with E-state index in [1.54, 1.807) is 11.3 Å². The predicted molar refractivity (Wildman–Crippen MR) is 211 cm³/mol. The summed E-state index contributed by atoms with van der Waals surface area (Å²) in [4.78, 5) is 11.0. The zero-order valence-corrected chi connectivity index (χ0v) is 32.8. The molecule has 0 radical (unpaired) electrons. The van der Waals surface area contributed by atoms with Crippen molar-refractivity contribution in [2.75, 3.05) is 43.5 Å². The predicted octanol–water partition coefficient (Wildman–Crippen LogP) is 8.35. The number of hydrogen-bond acceptors (Lipinski definition) is 11. The van der Waals surface area contributed by atoms with E-state index in [0.29, 0.717) is 39.4 Å². The van der Waals surface area contributed by atoms with Gasteiger partial charge in [0.25, 0.3) is 0 Å². The molecule has 2 fully saturated rings. The molecule has 4 aliphatic heterocycles. The number of piperidine rings is 1. The summed E-state index contributed by atoms with van der Waals surface area (Å²) in [5.74, 6) is -0.723. The second kappa shape index (κ2) is 14.7. The van der Waals surface area contributed by atoms with E-state index in [1.165, 1.54) is 34.3 Å². The number of nitrogens with zero attached hydrogens (tertiary/aromatic N) is 5. The smallest absolute Gasteiger partial charge is 0.166 e. The summed E-state index contributed by atoms with van der Waals surface area (Å²) in [5.41, 5.74) is 12.5. The molecule has 0 amide bonds. The first-order valence-electron chi connectivity index (χ1n) is 17.9. The molecule has 2 aromatic heterocycles. The number of nitrogens with one attached hydrogen (secondary N) is 4. The fourth-order valence-electron chi connectivity index (χ4n) is 7.67. The molecule has 0 bridgehead atoms. The maximum Gasteiger partial charge on any atom is 0.166 e. The van der Waals surface area contributed by atoms with Crippen molar-refractivity contribution in [3.63, 3.8) is 0 Å². The molecule has 0 saturated carbocycles. The van der Waals surface area contributed by atoms with Crippen molar-refractivity contribution >= 4 is 74.1 Å².